The molecule has 15 heavy (non-hydrogen) atoms. The van der Waals surface area contributed by atoms with Crippen LogP contribution in [0, 0.1) is 18.3 Å². The van der Waals surface area contributed by atoms with Gasteiger partial charge < -0.3 is 9.47 Å². The molecule has 0 atom stereocenters. The van der Waals surface area contributed by atoms with Gasteiger partial charge in [-0.3, -0.25) is 0 Å². The van der Waals surface area contributed by atoms with Crippen LogP contribution in [0.2, 0.25) is 0 Å². The third kappa shape index (κ3) is 2.24. The summed E-state index contributed by atoms with van der Waals surface area (Å²) in [5.74, 6) is 1.34. The third-order valence-corrected chi connectivity index (χ3v) is 2.81. The fraction of sp³-hybridized carbons (Fsp3) is 0.364. The fourth-order valence-corrected chi connectivity index (χ4v) is 2.07. The molecule has 0 saturated carbocycles. The van der Waals surface area contributed by atoms with Crippen LogP contribution in [0.15, 0.2) is 10.5 Å². The summed E-state index contributed by atoms with van der Waals surface area (Å²) < 4.78 is 11.3. The molecule has 0 amide bonds. The van der Waals surface area contributed by atoms with Crippen LogP contribution in [0.25, 0.3) is 0 Å². The zero-order valence-corrected chi connectivity index (χ0v) is 10.5. The number of rotatable bonds is 3. The Balaban J connectivity index is 3.38. The Bertz CT molecular complexity index is 410. The number of methoxy groups -OCH3 is 2. The Morgan fingerprint density at radius 1 is 1.33 bits per heavy atom. The first-order chi connectivity index (χ1) is 7.15. The molecule has 0 aliphatic carbocycles. The van der Waals surface area contributed by atoms with Crippen molar-refractivity contribution in [2.75, 3.05) is 14.2 Å². The van der Waals surface area contributed by atoms with Crippen LogP contribution in [0.5, 0.6) is 11.5 Å². The maximum Gasteiger partial charge on any atom is 0.175 e. The summed E-state index contributed by atoms with van der Waals surface area (Å²) in [5.41, 5.74) is 1.89. The van der Waals surface area contributed by atoms with Crippen LogP contribution < -0.4 is 9.47 Å². The van der Waals surface area contributed by atoms with E-state index in [1.807, 2.05) is 13.0 Å². The Morgan fingerprint density at radius 3 is 2.40 bits per heavy atom. The van der Waals surface area contributed by atoms with Crippen molar-refractivity contribution >= 4 is 15.9 Å². The average molecular weight is 270 g/mol. The van der Waals surface area contributed by atoms with E-state index in [0.717, 1.165) is 15.6 Å². The Labute approximate surface area is 97.7 Å². The Hall–Kier alpha value is -1.21. The summed E-state index contributed by atoms with van der Waals surface area (Å²) in [5, 5.41) is 8.69. The fourth-order valence-electron chi connectivity index (χ4n) is 1.46. The second-order valence-electron chi connectivity index (χ2n) is 3.04. The van der Waals surface area contributed by atoms with Crippen LogP contribution >= 0.6 is 15.9 Å². The summed E-state index contributed by atoms with van der Waals surface area (Å²) in [7, 11) is 3.18. The topological polar surface area (TPSA) is 42.2 Å². The van der Waals surface area contributed by atoms with E-state index >= 15 is 0 Å². The number of nitriles is 1. The SMILES string of the molecule is COc1c(Br)cc(CC#N)c(C)c1OC. The van der Waals surface area contributed by atoms with Crippen molar-refractivity contribution in [2.45, 2.75) is 13.3 Å². The molecule has 0 aromatic heterocycles. The second kappa shape index (κ2) is 5.04. The molecule has 1 aromatic rings. The van der Waals surface area contributed by atoms with Gasteiger partial charge in [-0.2, -0.15) is 5.26 Å². The normalized spacial score (nSPS) is 9.53. The predicted octanol–water partition coefficient (Wildman–Crippen LogP) is 2.84. The van der Waals surface area contributed by atoms with Crippen molar-refractivity contribution in [1.29, 1.82) is 5.26 Å². The van der Waals surface area contributed by atoms with Gasteiger partial charge in [0.25, 0.3) is 0 Å². The highest BCUT2D eigenvalue weighted by molar-refractivity contribution is 9.10. The molecule has 80 valence electrons. The van der Waals surface area contributed by atoms with Gasteiger partial charge in [-0.1, -0.05) is 0 Å². The van der Waals surface area contributed by atoms with Gasteiger partial charge in [0.15, 0.2) is 11.5 Å². The van der Waals surface area contributed by atoms with E-state index in [9.17, 15) is 0 Å². The number of hydrogen-bond acceptors (Lipinski definition) is 3. The minimum absolute atomic E-state index is 0.366. The van der Waals surface area contributed by atoms with E-state index < -0.39 is 0 Å². The molecular weight excluding hydrogens is 258 g/mol. The molecular formula is C11H12BrNO2. The summed E-state index contributed by atoms with van der Waals surface area (Å²) in [6.45, 7) is 1.92. The zero-order chi connectivity index (χ0) is 11.4. The lowest BCUT2D eigenvalue weighted by atomic mass is 10.0. The zero-order valence-electron chi connectivity index (χ0n) is 8.93. The molecule has 1 rings (SSSR count). The van der Waals surface area contributed by atoms with E-state index in [-0.39, 0.29) is 0 Å². The van der Waals surface area contributed by atoms with Gasteiger partial charge in [-0.05, 0) is 40.0 Å². The molecule has 0 fully saturated rings. The van der Waals surface area contributed by atoms with Gasteiger partial charge >= 0.3 is 0 Å². The van der Waals surface area contributed by atoms with Crippen molar-refractivity contribution in [1.82, 2.24) is 0 Å². The molecule has 1 aromatic carbocycles. The van der Waals surface area contributed by atoms with Crippen LogP contribution in [-0.4, -0.2) is 14.2 Å². The Kier molecular flexibility index (Phi) is 3.98. The number of ether oxygens (including phenoxy) is 2. The summed E-state index contributed by atoms with van der Waals surface area (Å²) in [6.07, 6.45) is 0.366. The van der Waals surface area contributed by atoms with Crippen LogP contribution in [0.1, 0.15) is 11.1 Å². The van der Waals surface area contributed by atoms with Crippen molar-refractivity contribution in [3.8, 4) is 17.6 Å². The largest absolute Gasteiger partial charge is 0.493 e. The summed E-state index contributed by atoms with van der Waals surface area (Å²) in [4.78, 5) is 0. The molecule has 0 N–H and O–H groups in total. The highest BCUT2D eigenvalue weighted by Gasteiger charge is 2.15. The highest BCUT2D eigenvalue weighted by atomic mass is 79.9. The monoisotopic (exact) mass is 269 g/mol. The number of hydrogen-bond donors (Lipinski definition) is 0. The van der Waals surface area contributed by atoms with Crippen LogP contribution in [-0.2, 0) is 6.42 Å². The minimum Gasteiger partial charge on any atom is -0.493 e. The van der Waals surface area contributed by atoms with Gasteiger partial charge in [0.2, 0.25) is 0 Å². The van der Waals surface area contributed by atoms with Crippen molar-refractivity contribution in [2.24, 2.45) is 0 Å². The molecule has 0 radical (unpaired) electrons. The number of benzene rings is 1. The molecule has 0 spiro atoms. The number of halogens is 1. The first kappa shape index (κ1) is 11.9. The van der Waals surface area contributed by atoms with Crippen molar-refractivity contribution < 1.29 is 9.47 Å². The van der Waals surface area contributed by atoms with Crippen molar-refractivity contribution in [3.63, 3.8) is 0 Å². The first-order valence-corrected chi connectivity index (χ1v) is 5.21. The average Bonchev–Trinajstić information content (AvgIpc) is 2.22. The highest BCUT2D eigenvalue weighted by Crippen LogP contribution is 2.39. The summed E-state index contributed by atoms with van der Waals surface area (Å²) in [6, 6.07) is 4.01. The van der Waals surface area contributed by atoms with Crippen LogP contribution in [0.3, 0.4) is 0 Å². The van der Waals surface area contributed by atoms with Gasteiger partial charge in [-0.25, -0.2) is 0 Å². The lowest BCUT2D eigenvalue weighted by molar-refractivity contribution is 0.350. The van der Waals surface area contributed by atoms with Gasteiger partial charge in [0.05, 0.1) is 31.2 Å². The summed E-state index contributed by atoms with van der Waals surface area (Å²) >= 11 is 3.39. The molecule has 0 heterocycles. The van der Waals surface area contributed by atoms with E-state index in [1.165, 1.54) is 0 Å². The lowest BCUT2D eigenvalue weighted by Crippen LogP contribution is -1.98. The molecule has 3 nitrogen and oxygen atoms in total. The quantitative estimate of drug-likeness (QED) is 0.848. The van der Waals surface area contributed by atoms with E-state index in [4.69, 9.17) is 14.7 Å². The molecule has 0 unspecified atom stereocenters. The standard InChI is InChI=1S/C11H12BrNO2/c1-7-8(4-5-13)6-9(12)11(15-3)10(7)14-2/h6H,4H2,1-3H3. The maximum atomic E-state index is 8.69. The van der Waals surface area contributed by atoms with Gasteiger partial charge in [0.1, 0.15) is 0 Å². The van der Waals surface area contributed by atoms with E-state index in [1.54, 1.807) is 14.2 Å². The lowest BCUT2D eigenvalue weighted by Gasteiger charge is -2.14. The van der Waals surface area contributed by atoms with Crippen LogP contribution in [0.4, 0.5) is 0 Å². The number of nitrogens with zero attached hydrogens (tertiary/aromatic N) is 1. The first-order valence-electron chi connectivity index (χ1n) is 4.42. The molecule has 0 bridgehead atoms. The minimum atomic E-state index is 0.366. The van der Waals surface area contributed by atoms with Crippen molar-refractivity contribution in [3.05, 3.63) is 21.7 Å². The van der Waals surface area contributed by atoms with Gasteiger partial charge in [0, 0.05) is 0 Å². The second-order valence-corrected chi connectivity index (χ2v) is 3.90. The smallest absolute Gasteiger partial charge is 0.175 e. The van der Waals surface area contributed by atoms with E-state index in [0.29, 0.717) is 17.9 Å². The molecule has 0 saturated heterocycles. The van der Waals surface area contributed by atoms with Gasteiger partial charge in [-0.15, -0.1) is 0 Å². The maximum absolute atomic E-state index is 8.69. The molecule has 0 aliphatic heterocycles. The molecule has 4 heteroatoms. The Morgan fingerprint density at radius 2 is 1.93 bits per heavy atom. The molecule has 0 aliphatic rings. The van der Waals surface area contributed by atoms with E-state index in [2.05, 4.69) is 22.0 Å². The third-order valence-electron chi connectivity index (χ3n) is 2.22. The predicted molar refractivity (Wildman–Crippen MR) is 61.3 cm³/mol.